The molecule has 2 aromatic rings. The van der Waals surface area contributed by atoms with E-state index in [0.717, 1.165) is 13.6 Å². The fourth-order valence-corrected chi connectivity index (χ4v) is 3.11. The highest BCUT2D eigenvalue weighted by Gasteiger charge is 2.16. The fraction of sp³-hybridized carbons (Fsp3) is 0.143. The molecule has 1 unspecified atom stereocenters. The molecule has 0 saturated carbocycles. The average Bonchev–Trinajstić information content (AvgIpc) is 2.37. The van der Waals surface area contributed by atoms with Gasteiger partial charge >= 0.3 is 0 Å². The number of halogens is 4. The normalized spacial score (nSPS) is 12.5. The fourth-order valence-electron chi connectivity index (χ4n) is 1.80. The van der Waals surface area contributed by atoms with Crippen LogP contribution < -0.4 is 0 Å². The van der Waals surface area contributed by atoms with E-state index in [4.69, 9.17) is 11.6 Å². The second-order valence-corrected chi connectivity index (χ2v) is 6.57. The highest BCUT2D eigenvalue weighted by Crippen LogP contribution is 2.29. The number of aliphatic hydroxyl groups is 1. The first-order valence-electron chi connectivity index (χ1n) is 5.55. The zero-order valence-electron chi connectivity index (χ0n) is 9.71. The van der Waals surface area contributed by atoms with Gasteiger partial charge in [0.05, 0.1) is 6.10 Å². The van der Waals surface area contributed by atoms with Crippen LogP contribution in [-0.2, 0) is 6.42 Å². The van der Waals surface area contributed by atoms with Gasteiger partial charge in [0.15, 0.2) is 0 Å². The highest BCUT2D eigenvalue weighted by atomic mass is 127. The third-order valence-corrected chi connectivity index (χ3v) is 4.61. The van der Waals surface area contributed by atoms with Crippen LogP contribution in [0.5, 0.6) is 0 Å². The van der Waals surface area contributed by atoms with Crippen molar-refractivity contribution >= 4 is 50.1 Å². The molecule has 0 aliphatic rings. The predicted octanol–water partition coefficient (Wildman–Crippen LogP) is 5.12. The molecule has 0 radical (unpaired) electrons. The van der Waals surface area contributed by atoms with Gasteiger partial charge in [-0.1, -0.05) is 33.6 Å². The van der Waals surface area contributed by atoms with Crippen LogP contribution in [0.4, 0.5) is 4.39 Å². The molecule has 0 aliphatic carbocycles. The Bertz CT molecular complexity index is 586. The summed E-state index contributed by atoms with van der Waals surface area (Å²) in [5, 5.41) is 10.6. The van der Waals surface area contributed by atoms with E-state index in [2.05, 4.69) is 38.5 Å². The van der Waals surface area contributed by atoms with Crippen molar-refractivity contribution in [2.45, 2.75) is 12.5 Å². The summed E-state index contributed by atoms with van der Waals surface area (Å²) in [6, 6.07) is 10.1. The Balaban J connectivity index is 2.31. The van der Waals surface area contributed by atoms with Gasteiger partial charge in [-0.2, -0.15) is 0 Å². The largest absolute Gasteiger partial charge is 0.388 e. The quantitative estimate of drug-likeness (QED) is 0.637. The summed E-state index contributed by atoms with van der Waals surface area (Å²) in [6.07, 6.45) is -0.642. The van der Waals surface area contributed by atoms with E-state index in [0.29, 0.717) is 10.6 Å². The van der Waals surface area contributed by atoms with Gasteiger partial charge in [0.1, 0.15) is 5.82 Å². The van der Waals surface area contributed by atoms with Gasteiger partial charge in [-0.3, -0.25) is 0 Å². The lowest BCUT2D eigenvalue weighted by Crippen LogP contribution is -2.06. The van der Waals surface area contributed by atoms with Gasteiger partial charge in [0.25, 0.3) is 0 Å². The van der Waals surface area contributed by atoms with E-state index >= 15 is 0 Å². The van der Waals surface area contributed by atoms with Crippen LogP contribution in [0.1, 0.15) is 17.2 Å². The number of hydrogen-bond acceptors (Lipinski definition) is 1. The van der Waals surface area contributed by atoms with Crippen molar-refractivity contribution in [2.24, 2.45) is 0 Å². The molecule has 0 bridgehead atoms. The second-order valence-electron chi connectivity index (χ2n) is 4.09. The topological polar surface area (TPSA) is 20.2 Å². The first-order chi connectivity index (χ1) is 8.99. The van der Waals surface area contributed by atoms with E-state index in [-0.39, 0.29) is 6.42 Å². The van der Waals surface area contributed by atoms with Crippen LogP contribution in [0.3, 0.4) is 0 Å². The molecular formula is C14H10BrClFIO. The summed E-state index contributed by atoms with van der Waals surface area (Å²) >= 11 is 11.5. The molecule has 1 N–H and O–H groups in total. The molecule has 2 aromatic carbocycles. The van der Waals surface area contributed by atoms with Gasteiger partial charge < -0.3 is 5.11 Å². The van der Waals surface area contributed by atoms with Crippen LogP contribution in [0.2, 0.25) is 5.02 Å². The van der Waals surface area contributed by atoms with Crippen molar-refractivity contribution < 1.29 is 9.50 Å². The minimum absolute atomic E-state index is 0.151. The number of aliphatic hydroxyl groups excluding tert-OH is 1. The lowest BCUT2D eigenvalue weighted by Gasteiger charge is -2.15. The van der Waals surface area contributed by atoms with E-state index < -0.39 is 11.9 Å². The molecule has 100 valence electrons. The van der Waals surface area contributed by atoms with E-state index in [1.807, 2.05) is 18.2 Å². The Morgan fingerprint density at radius 3 is 2.74 bits per heavy atom. The van der Waals surface area contributed by atoms with Crippen molar-refractivity contribution in [3.63, 3.8) is 0 Å². The summed E-state index contributed by atoms with van der Waals surface area (Å²) < 4.78 is 15.5. The maximum absolute atomic E-state index is 13.7. The molecule has 0 amide bonds. The minimum Gasteiger partial charge on any atom is -0.388 e. The maximum atomic E-state index is 13.7. The maximum Gasteiger partial charge on any atom is 0.127 e. The molecule has 0 aliphatic heterocycles. The molecule has 0 saturated heterocycles. The number of hydrogen-bond donors (Lipinski definition) is 1. The predicted molar refractivity (Wildman–Crippen MR) is 86.9 cm³/mol. The molecule has 1 nitrogen and oxygen atoms in total. The van der Waals surface area contributed by atoms with Gasteiger partial charge in [-0.25, -0.2) is 4.39 Å². The Kier molecular flexibility index (Phi) is 5.22. The number of benzene rings is 2. The molecular weight excluding hydrogens is 445 g/mol. The molecule has 19 heavy (non-hydrogen) atoms. The van der Waals surface area contributed by atoms with Crippen molar-refractivity contribution in [3.05, 3.63) is 66.4 Å². The van der Waals surface area contributed by atoms with Gasteiger partial charge in [-0.05, 0) is 58.5 Å². The Morgan fingerprint density at radius 1 is 1.32 bits per heavy atom. The van der Waals surface area contributed by atoms with Crippen LogP contribution >= 0.6 is 50.1 Å². The van der Waals surface area contributed by atoms with Crippen molar-refractivity contribution in [1.29, 1.82) is 0 Å². The minimum atomic E-state index is -0.793. The zero-order valence-corrected chi connectivity index (χ0v) is 14.2. The summed E-state index contributed by atoms with van der Waals surface area (Å²) in [5.74, 6) is -0.392. The number of rotatable bonds is 3. The van der Waals surface area contributed by atoms with E-state index in [9.17, 15) is 9.50 Å². The molecule has 0 aromatic heterocycles. The molecule has 2 rings (SSSR count). The smallest absolute Gasteiger partial charge is 0.127 e. The van der Waals surface area contributed by atoms with Crippen LogP contribution in [0, 0.1) is 9.39 Å². The van der Waals surface area contributed by atoms with Crippen molar-refractivity contribution in [2.75, 3.05) is 0 Å². The third kappa shape index (κ3) is 3.68. The SMILES string of the molecule is OC(Cc1c(F)cccc1Cl)c1cc(Br)ccc1I. The van der Waals surface area contributed by atoms with E-state index in [1.54, 1.807) is 12.1 Å². The average molecular weight is 455 g/mol. The van der Waals surface area contributed by atoms with Gasteiger partial charge in [0.2, 0.25) is 0 Å². The lowest BCUT2D eigenvalue weighted by atomic mass is 10.0. The van der Waals surface area contributed by atoms with Crippen LogP contribution in [-0.4, -0.2) is 5.11 Å². The Labute approximate surface area is 138 Å². The lowest BCUT2D eigenvalue weighted by molar-refractivity contribution is 0.176. The molecule has 0 fully saturated rings. The second kappa shape index (κ2) is 6.52. The summed E-state index contributed by atoms with van der Waals surface area (Å²) in [6.45, 7) is 0. The zero-order chi connectivity index (χ0) is 14.0. The van der Waals surface area contributed by atoms with Crippen LogP contribution in [0.15, 0.2) is 40.9 Å². The standard InChI is InChI=1S/C14H10BrClFIO/c15-8-4-5-13(18)10(6-8)14(19)7-9-11(16)2-1-3-12(9)17/h1-6,14,19H,7H2. The molecule has 1 atom stereocenters. The van der Waals surface area contributed by atoms with Crippen molar-refractivity contribution in [1.82, 2.24) is 0 Å². The Hall–Kier alpha value is -0.170. The summed E-state index contributed by atoms with van der Waals surface area (Å²) in [4.78, 5) is 0. The first-order valence-corrected chi connectivity index (χ1v) is 7.80. The summed E-state index contributed by atoms with van der Waals surface area (Å²) in [5.41, 5.74) is 1.10. The first kappa shape index (κ1) is 15.2. The molecule has 0 spiro atoms. The molecule has 0 heterocycles. The Morgan fingerprint density at radius 2 is 2.05 bits per heavy atom. The monoisotopic (exact) mass is 454 g/mol. The van der Waals surface area contributed by atoms with Gasteiger partial charge in [0, 0.05) is 25.0 Å². The van der Waals surface area contributed by atoms with E-state index in [1.165, 1.54) is 6.07 Å². The highest BCUT2D eigenvalue weighted by molar-refractivity contribution is 14.1. The van der Waals surface area contributed by atoms with Crippen molar-refractivity contribution in [3.8, 4) is 0 Å². The van der Waals surface area contributed by atoms with Crippen LogP contribution in [0.25, 0.3) is 0 Å². The molecule has 5 heteroatoms. The van der Waals surface area contributed by atoms with Gasteiger partial charge in [-0.15, -0.1) is 0 Å². The summed E-state index contributed by atoms with van der Waals surface area (Å²) in [7, 11) is 0. The third-order valence-electron chi connectivity index (χ3n) is 2.78.